The molecule has 6 N–H and O–H groups in total. The van der Waals surface area contributed by atoms with Crippen LogP contribution in [0.1, 0.15) is 11.6 Å². The predicted molar refractivity (Wildman–Crippen MR) is 88.4 cm³/mol. The molecule has 0 saturated carbocycles. The third-order valence-electron chi connectivity index (χ3n) is 2.88. The normalized spacial score (nSPS) is 11.7. The minimum atomic E-state index is -0.0950. The zero-order chi connectivity index (χ0) is 14.4. The van der Waals surface area contributed by atoms with Gasteiger partial charge in [-0.1, -0.05) is 30.3 Å². The molecule has 2 rings (SSSR count). The van der Waals surface area contributed by atoms with E-state index in [9.17, 15) is 0 Å². The van der Waals surface area contributed by atoms with Crippen molar-refractivity contribution in [2.24, 2.45) is 5.73 Å². The maximum absolute atomic E-state index is 6.09. The van der Waals surface area contributed by atoms with Gasteiger partial charge < -0.3 is 22.1 Å². The number of nitrogen functional groups attached to an aromatic ring is 1. The Morgan fingerprint density at radius 1 is 1.05 bits per heavy atom. The lowest BCUT2D eigenvalue weighted by atomic mass is 10.1. The van der Waals surface area contributed by atoms with Gasteiger partial charge in [0.05, 0.1) is 0 Å². The van der Waals surface area contributed by atoms with E-state index in [0.717, 1.165) is 16.9 Å². The zero-order valence-corrected chi connectivity index (χ0v) is 11.9. The first kappa shape index (κ1) is 14.3. The van der Waals surface area contributed by atoms with E-state index < -0.39 is 0 Å². The molecule has 2 aromatic rings. The Hall–Kier alpha value is -2.11. The standard InChI is InChI=1S/C15H18N4S/c16-12-6-8-13(9-7-12)19-15(20)18-10-14(17)11-4-2-1-3-5-11/h1-9,14H,10,16-17H2,(H2,18,19,20). The zero-order valence-electron chi connectivity index (χ0n) is 11.0. The van der Waals surface area contributed by atoms with Crippen LogP contribution in [0.5, 0.6) is 0 Å². The molecule has 0 fully saturated rings. The van der Waals surface area contributed by atoms with Gasteiger partial charge in [0.25, 0.3) is 0 Å². The van der Waals surface area contributed by atoms with Crippen molar-refractivity contribution in [3.05, 3.63) is 60.2 Å². The number of hydrogen-bond donors (Lipinski definition) is 4. The van der Waals surface area contributed by atoms with Crippen molar-refractivity contribution in [1.82, 2.24) is 5.32 Å². The van der Waals surface area contributed by atoms with E-state index in [1.165, 1.54) is 0 Å². The Bertz CT molecular complexity index is 554. The maximum atomic E-state index is 6.09. The molecule has 0 radical (unpaired) electrons. The lowest BCUT2D eigenvalue weighted by Gasteiger charge is -2.15. The first-order valence-electron chi connectivity index (χ1n) is 6.36. The van der Waals surface area contributed by atoms with Crippen LogP contribution in [-0.2, 0) is 0 Å². The van der Waals surface area contributed by atoms with Crippen molar-refractivity contribution >= 4 is 28.7 Å². The lowest BCUT2D eigenvalue weighted by molar-refractivity contribution is 0.693. The fourth-order valence-electron chi connectivity index (χ4n) is 1.76. The average Bonchev–Trinajstić information content (AvgIpc) is 2.48. The van der Waals surface area contributed by atoms with Crippen LogP contribution < -0.4 is 22.1 Å². The summed E-state index contributed by atoms with van der Waals surface area (Å²) in [6.45, 7) is 0.574. The number of nitrogens with one attached hydrogen (secondary N) is 2. The lowest BCUT2D eigenvalue weighted by Crippen LogP contribution is -2.34. The van der Waals surface area contributed by atoms with Gasteiger partial charge in [-0.15, -0.1) is 0 Å². The molecule has 1 atom stereocenters. The van der Waals surface area contributed by atoms with Gasteiger partial charge in [0.1, 0.15) is 0 Å². The van der Waals surface area contributed by atoms with Crippen LogP contribution in [0, 0.1) is 0 Å². The highest BCUT2D eigenvalue weighted by Gasteiger charge is 2.05. The summed E-state index contributed by atoms with van der Waals surface area (Å²) in [6, 6.07) is 17.2. The molecule has 104 valence electrons. The highest BCUT2D eigenvalue weighted by molar-refractivity contribution is 7.80. The summed E-state index contributed by atoms with van der Waals surface area (Å²) in [5.74, 6) is 0. The van der Waals surface area contributed by atoms with E-state index >= 15 is 0 Å². The Morgan fingerprint density at radius 3 is 2.35 bits per heavy atom. The van der Waals surface area contributed by atoms with Crippen LogP contribution in [0.4, 0.5) is 11.4 Å². The van der Waals surface area contributed by atoms with E-state index in [-0.39, 0.29) is 6.04 Å². The summed E-state index contributed by atoms with van der Waals surface area (Å²) in [4.78, 5) is 0. The topological polar surface area (TPSA) is 76.1 Å². The van der Waals surface area contributed by atoms with Gasteiger partial charge in [0.2, 0.25) is 0 Å². The molecule has 1 unspecified atom stereocenters. The van der Waals surface area contributed by atoms with Crippen LogP contribution in [0.25, 0.3) is 0 Å². The molecule has 0 amide bonds. The first-order valence-corrected chi connectivity index (χ1v) is 6.77. The summed E-state index contributed by atoms with van der Waals surface area (Å²) in [5, 5.41) is 6.74. The number of benzene rings is 2. The molecule has 0 aliphatic rings. The molecule has 0 saturated heterocycles. The van der Waals surface area contributed by atoms with E-state index in [1.807, 2.05) is 54.6 Å². The second-order valence-electron chi connectivity index (χ2n) is 4.47. The molecule has 0 aromatic heterocycles. The minimum Gasteiger partial charge on any atom is -0.399 e. The number of hydrogen-bond acceptors (Lipinski definition) is 3. The maximum Gasteiger partial charge on any atom is 0.170 e. The number of anilines is 2. The predicted octanol–water partition coefficient (Wildman–Crippen LogP) is 2.26. The molecular weight excluding hydrogens is 268 g/mol. The van der Waals surface area contributed by atoms with Crippen molar-refractivity contribution in [3.63, 3.8) is 0 Å². The Balaban J connectivity index is 1.82. The highest BCUT2D eigenvalue weighted by atomic mass is 32.1. The van der Waals surface area contributed by atoms with Crippen molar-refractivity contribution in [2.45, 2.75) is 6.04 Å². The van der Waals surface area contributed by atoms with Gasteiger partial charge >= 0.3 is 0 Å². The van der Waals surface area contributed by atoms with Gasteiger partial charge in [0.15, 0.2) is 5.11 Å². The SMILES string of the molecule is Nc1ccc(NC(=S)NCC(N)c2ccccc2)cc1. The van der Waals surface area contributed by atoms with Crippen LogP contribution in [-0.4, -0.2) is 11.7 Å². The van der Waals surface area contributed by atoms with Gasteiger partial charge in [-0.2, -0.15) is 0 Å². The van der Waals surface area contributed by atoms with Crippen molar-refractivity contribution in [1.29, 1.82) is 0 Å². The Kier molecular flexibility index (Phi) is 4.92. The van der Waals surface area contributed by atoms with E-state index in [1.54, 1.807) is 0 Å². The number of rotatable bonds is 4. The molecular formula is C15H18N4S. The monoisotopic (exact) mass is 286 g/mol. The third-order valence-corrected chi connectivity index (χ3v) is 3.13. The molecule has 0 bridgehead atoms. The number of nitrogens with two attached hydrogens (primary N) is 2. The quantitative estimate of drug-likeness (QED) is 0.512. The first-order chi connectivity index (χ1) is 9.65. The van der Waals surface area contributed by atoms with Crippen LogP contribution in [0.15, 0.2) is 54.6 Å². The van der Waals surface area contributed by atoms with E-state index in [4.69, 9.17) is 23.7 Å². The molecule has 0 spiro atoms. The van der Waals surface area contributed by atoms with Crippen LogP contribution in [0.3, 0.4) is 0 Å². The smallest absolute Gasteiger partial charge is 0.170 e. The largest absolute Gasteiger partial charge is 0.399 e. The molecule has 20 heavy (non-hydrogen) atoms. The van der Waals surface area contributed by atoms with Gasteiger partial charge in [-0.3, -0.25) is 0 Å². The fourth-order valence-corrected chi connectivity index (χ4v) is 1.96. The molecule has 5 heteroatoms. The second kappa shape index (κ2) is 6.88. The average molecular weight is 286 g/mol. The molecule has 2 aromatic carbocycles. The minimum absolute atomic E-state index is 0.0950. The summed E-state index contributed by atoms with van der Waals surface area (Å²) in [6.07, 6.45) is 0. The molecule has 0 heterocycles. The van der Waals surface area contributed by atoms with E-state index in [0.29, 0.717) is 11.7 Å². The Morgan fingerprint density at radius 2 is 1.70 bits per heavy atom. The fraction of sp³-hybridized carbons (Fsp3) is 0.133. The molecule has 0 aliphatic carbocycles. The summed E-state index contributed by atoms with van der Waals surface area (Å²) in [5.41, 5.74) is 14.4. The summed E-state index contributed by atoms with van der Waals surface area (Å²) >= 11 is 5.23. The van der Waals surface area contributed by atoms with Gasteiger partial charge in [0, 0.05) is 24.0 Å². The summed E-state index contributed by atoms with van der Waals surface area (Å²) in [7, 11) is 0. The van der Waals surface area contributed by atoms with Crippen molar-refractivity contribution in [3.8, 4) is 0 Å². The summed E-state index contributed by atoms with van der Waals surface area (Å²) < 4.78 is 0. The van der Waals surface area contributed by atoms with Crippen molar-refractivity contribution in [2.75, 3.05) is 17.6 Å². The second-order valence-corrected chi connectivity index (χ2v) is 4.88. The van der Waals surface area contributed by atoms with Crippen molar-refractivity contribution < 1.29 is 0 Å². The van der Waals surface area contributed by atoms with Gasteiger partial charge in [-0.05, 0) is 42.0 Å². The van der Waals surface area contributed by atoms with Gasteiger partial charge in [-0.25, -0.2) is 0 Å². The molecule has 4 nitrogen and oxygen atoms in total. The van der Waals surface area contributed by atoms with Crippen LogP contribution >= 0.6 is 12.2 Å². The molecule has 0 aliphatic heterocycles. The van der Waals surface area contributed by atoms with E-state index in [2.05, 4.69) is 10.6 Å². The Labute approximate surface area is 124 Å². The number of thiocarbonyl (C=S) groups is 1. The third kappa shape index (κ3) is 4.22. The van der Waals surface area contributed by atoms with Crippen LogP contribution in [0.2, 0.25) is 0 Å². The highest BCUT2D eigenvalue weighted by Crippen LogP contribution is 2.11.